The van der Waals surface area contributed by atoms with Gasteiger partial charge in [0.1, 0.15) is 6.10 Å². The third-order valence-corrected chi connectivity index (χ3v) is 2.58. The molecular weight excluding hydrogens is 214 g/mol. The first-order valence-electron chi connectivity index (χ1n) is 5.95. The Morgan fingerprint density at radius 1 is 1.35 bits per heavy atom. The number of nitrogens with two attached hydrogens (primary N) is 1. The van der Waals surface area contributed by atoms with Gasteiger partial charge in [0.15, 0.2) is 5.82 Å². The van der Waals surface area contributed by atoms with Crippen molar-refractivity contribution in [1.29, 1.82) is 0 Å². The molecule has 0 aliphatic carbocycles. The second kappa shape index (κ2) is 5.56. The summed E-state index contributed by atoms with van der Waals surface area (Å²) >= 11 is 0. The molecule has 1 heterocycles. The van der Waals surface area contributed by atoms with Crippen LogP contribution in [-0.4, -0.2) is 23.6 Å². The zero-order chi connectivity index (χ0) is 13.1. The molecule has 0 saturated heterocycles. The van der Waals surface area contributed by atoms with Gasteiger partial charge in [-0.25, -0.2) is 9.97 Å². The van der Waals surface area contributed by atoms with Gasteiger partial charge in [-0.05, 0) is 24.9 Å². The summed E-state index contributed by atoms with van der Waals surface area (Å²) in [6.07, 6.45) is 0.677. The van der Waals surface area contributed by atoms with Crippen molar-refractivity contribution in [2.24, 2.45) is 11.1 Å². The highest BCUT2D eigenvalue weighted by molar-refractivity contribution is 5.12. The summed E-state index contributed by atoms with van der Waals surface area (Å²) in [6.45, 7) is 8.93. The van der Waals surface area contributed by atoms with Crippen LogP contribution in [0, 0.1) is 12.3 Å². The van der Waals surface area contributed by atoms with Gasteiger partial charge in [0.2, 0.25) is 0 Å². The predicted molar refractivity (Wildman–Crippen MR) is 68.7 cm³/mol. The molecule has 1 atom stereocenters. The van der Waals surface area contributed by atoms with Gasteiger partial charge in [0.05, 0.1) is 0 Å². The number of hydrogen-bond donors (Lipinski definition) is 1. The van der Waals surface area contributed by atoms with E-state index < -0.39 is 0 Å². The topological polar surface area (TPSA) is 61.0 Å². The maximum absolute atomic E-state index is 5.56. The molecule has 17 heavy (non-hydrogen) atoms. The van der Waals surface area contributed by atoms with E-state index in [2.05, 4.69) is 30.7 Å². The normalized spacial score (nSPS) is 13.8. The molecular formula is C13H23N3O. The molecule has 4 nitrogen and oxygen atoms in total. The molecule has 0 spiro atoms. The second-order valence-electron chi connectivity index (χ2n) is 5.38. The lowest BCUT2D eigenvalue weighted by Crippen LogP contribution is -2.23. The Hall–Kier alpha value is -1.00. The summed E-state index contributed by atoms with van der Waals surface area (Å²) in [4.78, 5) is 9.02. The maximum atomic E-state index is 5.56. The zero-order valence-electron chi connectivity index (χ0n) is 11.4. The molecule has 0 saturated carbocycles. The van der Waals surface area contributed by atoms with Crippen molar-refractivity contribution in [1.82, 2.24) is 9.97 Å². The summed E-state index contributed by atoms with van der Waals surface area (Å²) in [6, 6.07) is 1.98. The third-order valence-electron chi connectivity index (χ3n) is 2.58. The van der Waals surface area contributed by atoms with Crippen molar-refractivity contribution in [2.45, 2.75) is 40.2 Å². The van der Waals surface area contributed by atoms with Gasteiger partial charge in [-0.15, -0.1) is 0 Å². The van der Waals surface area contributed by atoms with Gasteiger partial charge in [0, 0.05) is 24.9 Å². The molecule has 0 radical (unpaired) electrons. The number of hydrogen-bond acceptors (Lipinski definition) is 4. The van der Waals surface area contributed by atoms with Crippen LogP contribution in [-0.2, 0) is 11.2 Å². The van der Waals surface area contributed by atoms with Gasteiger partial charge >= 0.3 is 0 Å². The fourth-order valence-corrected chi connectivity index (χ4v) is 1.90. The summed E-state index contributed by atoms with van der Waals surface area (Å²) in [5, 5.41) is 0. The van der Waals surface area contributed by atoms with E-state index in [9.17, 15) is 0 Å². The van der Waals surface area contributed by atoms with E-state index >= 15 is 0 Å². The van der Waals surface area contributed by atoms with Crippen LogP contribution in [0.2, 0.25) is 0 Å². The highest BCUT2D eigenvalue weighted by Crippen LogP contribution is 2.33. The highest BCUT2D eigenvalue weighted by atomic mass is 16.5. The first-order chi connectivity index (χ1) is 7.88. The predicted octanol–water partition coefficient (Wildman–Crippen LogP) is 2.02. The molecule has 0 bridgehead atoms. The summed E-state index contributed by atoms with van der Waals surface area (Å²) in [5.74, 6) is 0.753. The Bertz CT molecular complexity index is 371. The molecule has 1 aromatic heterocycles. The SMILES string of the molecule is COC(c1nc(C)cc(CCN)n1)C(C)(C)C. The molecule has 2 N–H and O–H groups in total. The maximum Gasteiger partial charge on any atom is 0.158 e. The largest absolute Gasteiger partial charge is 0.373 e. The zero-order valence-corrected chi connectivity index (χ0v) is 11.4. The van der Waals surface area contributed by atoms with Crippen LogP contribution >= 0.6 is 0 Å². The van der Waals surface area contributed by atoms with Crippen LogP contribution < -0.4 is 5.73 Å². The Kier molecular flexibility index (Phi) is 4.60. The lowest BCUT2D eigenvalue weighted by atomic mass is 9.88. The molecule has 1 unspecified atom stereocenters. The van der Waals surface area contributed by atoms with Crippen molar-refractivity contribution in [3.8, 4) is 0 Å². The molecule has 0 aliphatic rings. The van der Waals surface area contributed by atoms with Crippen molar-refractivity contribution >= 4 is 0 Å². The number of aryl methyl sites for hydroxylation is 1. The minimum atomic E-state index is -0.0982. The van der Waals surface area contributed by atoms with Crippen LogP contribution in [0.3, 0.4) is 0 Å². The molecule has 0 aromatic carbocycles. The first kappa shape index (κ1) is 14.1. The van der Waals surface area contributed by atoms with Gasteiger partial charge in [-0.1, -0.05) is 20.8 Å². The number of nitrogens with zero attached hydrogens (tertiary/aromatic N) is 2. The van der Waals surface area contributed by atoms with Crippen molar-refractivity contribution in [2.75, 3.05) is 13.7 Å². The lowest BCUT2D eigenvalue weighted by Gasteiger charge is -2.28. The van der Waals surface area contributed by atoms with E-state index in [-0.39, 0.29) is 11.5 Å². The highest BCUT2D eigenvalue weighted by Gasteiger charge is 2.28. The van der Waals surface area contributed by atoms with E-state index in [4.69, 9.17) is 10.5 Å². The lowest BCUT2D eigenvalue weighted by molar-refractivity contribution is 0.00840. The quantitative estimate of drug-likeness (QED) is 0.870. The summed E-state index contributed by atoms with van der Waals surface area (Å²) in [5.41, 5.74) is 7.49. The van der Waals surface area contributed by atoms with Gasteiger partial charge in [-0.2, -0.15) is 0 Å². The van der Waals surface area contributed by atoms with Crippen LogP contribution in [0.1, 0.15) is 44.1 Å². The summed E-state index contributed by atoms with van der Waals surface area (Å²) in [7, 11) is 1.70. The van der Waals surface area contributed by atoms with E-state index in [0.29, 0.717) is 6.54 Å². The van der Waals surface area contributed by atoms with E-state index in [1.807, 2.05) is 13.0 Å². The number of rotatable bonds is 4. The van der Waals surface area contributed by atoms with Crippen LogP contribution in [0.15, 0.2) is 6.07 Å². The first-order valence-corrected chi connectivity index (χ1v) is 5.95. The third kappa shape index (κ3) is 3.75. The number of methoxy groups -OCH3 is 1. The minimum Gasteiger partial charge on any atom is -0.373 e. The molecule has 4 heteroatoms. The minimum absolute atomic E-state index is 0.0253. The molecule has 1 aromatic rings. The molecule has 1 rings (SSSR count). The van der Waals surface area contributed by atoms with E-state index in [1.54, 1.807) is 7.11 Å². The molecule has 0 aliphatic heterocycles. The van der Waals surface area contributed by atoms with Gasteiger partial charge in [-0.3, -0.25) is 0 Å². The van der Waals surface area contributed by atoms with Crippen molar-refractivity contribution in [3.05, 3.63) is 23.3 Å². The van der Waals surface area contributed by atoms with Crippen LogP contribution in [0.4, 0.5) is 0 Å². The summed E-state index contributed by atoms with van der Waals surface area (Å²) < 4.78 is 5.53. The average Bonchev–Trinajstić information content (AvgIpc) is 2.15. The average molecular weight is 237 g/mol. The van der Waals surface area contributed by atoms with Gasteiger partial charge < -0.3 is 10.5 Å². The van der Waals surface area contributed by atoms with Gasteiger partial charge in [0.25, 0.3) is 0 Å². The smallest absolute Gasteiger partial charge is 0.158 e. The fourth-order valence-electron chi connectivity index (χ4n) is 1.90. The van der Waals surface area contributed by atoms with Crippen molar-refractivity contribution in [3.63, 3.8) is 0 Å². The fraction of sp³-hybridized carbons (Fsp3) is 0.692. The standard InChI is InChI=1S/C13H23N3O/c1-9-8-10(6-7-14)16-12(15-9)11(17-5)13(2,3)4/h8,11H,6-7,14H2,1-5H3. The van der Waals surface area contributed by atoms with E-state index in [0.717, 1.165) is 23.6 Å². The van der Waals surface area contributed by atoms with E-state index in [1.165, 1.54) is 0 Å². The Balaban J connectivity index is 3.11. The number of ether oxygens (including phenoxy) is 1. The van der Waals surface area contributed by atoms with Crippen LogP contribution in [0.25, 0.3) is 0 Å². The molecule has 96 valence electrons. The molecule has 0 amide bonds. The van der Waals surface area contributed by atoms with Crippen LogP contribution in [0.5, 0.6) is 0 Å². The Morgan fingerprint density at radius 2 is 2.00 bits per heavy atom. The number of aromatic nitrogens is 2. The second-order valence-corrected chi connectivity index (χ2v) is 5.38. The molecule has 0 fully saturated rings. The van der Waals surface area contributed by atoms with Crippen molar-refractivity contribution < 1.29 is 4.74 Å². The Labute approximate surface area is 104 Å². The Morgan fingerprint density at radius 3 is 2.47 bits per heavy atom. The monoisotopic (exact) mass is 237 g/mol.